The van der Waals surface area contributed by atoms with Gasteiger partial charge >= 0.3 is 0 Å². The average Bonchev–Trinajstić information content (AvgIpc) is 2.84. The number of hydrogen-bond acceptors (Lipinski definition) is 4. The van der Waals surface area contributed by atoms with Gasteiger partial charge in [-0.2, -0.15) is 0 Å². The number of para-hydroxylation sites is 1. The number of benzene rings is 1. The van der Waals surface area contributed by atoms with Gasteiger partial charge in [-0.25, -0.2) is 0 Å². The number of aliphatic hydroxyl groups excluding tert-OH is 1. The number of methoxy groups -OCH3 is 1. The summed E-state index contributed by atoms with van der Waals surface area (Å²) in [6.45, 7) is 6.15. The molecule has 1 aromatic carbocycles. The zero-order valence-corrected chi connectivity index (χ0v) is 13.5. The fourth-order valence-electron chi connectivity index (χ4n) is 2.34. The number of aliphatic hydroxyl groups is 1. The van der Waals surface area contributed by atoms with Crippen molar-refractivity contribution in [1.29, 1.82) is 0 Å². The van der Waals surface area contributed by atoms with Gasteiger partial charge in [0.25, 0.3) is 5.91 Å². The molecule has 5 nitrogen and oxygen atoms in total. The number of amides is 1. The van der Waals surface area contributed by atoms with Crippen molar-refractivity contribution in [2.75, 3.05) is 13.7 Å². The van der Waals surface area contributed by atoms with Crippen LogP contribution in [-0.4, -0.2) is 30.8 Å². The number of ether oxygens (including phenoxy) is 1. The van der Waals surface area contributed by atoms with E-state index in [0.717, 1.165) is 10.9 Å². The Bertz CT molecular complexity index is 660. The molecule has 1 atom stereocenters. The normalized spacial score (nSPS) is 12.6. The molecule has 0 bridgehead atoms. The second-order valence-corrected chi connectivity index (χ2v) is 5.75. The number of hydrogen-bond donors (Lipinski definition) is 2. The fraction of sp³-hybridized carbons (Fsp3) is 0.471. The minimum Gasteiger partial charge on any atom is -0.493 e. The molecule has 0 saturated carbocycles. The van der Waals surface area contributed by atoms with Gasteiger partial charge in [-0.1, -0.05) is 26.0 Å². The number of fused-ring (bicyclic) bond motifs is 1. The summed E-state index contributed by atoms with van der Waals surface area (Å²) >= 11 is 0. The van der Waals surface area contributed by atoms with Gasteiger partial charge in [-0.15, -0.1) is 0 Å². The van der Waals surface area contributed by atoms with E-state index in [9.17, 15) is 9.90 Å². The molecule has 0 aliphatic carbocycles. The number of aryl methyl sites for hydroxylation is 1. The Labute approximate surface area is 130 Å². The van der Waals surface area contributed by atoms with Crippen molar-refractivity contribution < 1.29 is 19.1 Å². The van der Waals surface area contributed by atoms with E-state index in [0.29, 0.717) is 30.1 Å². The van der Waals surface area contributed by atoms with Gasteiger partial charge in [0.2, 0.25) is 0 Å². The summed E-state index contributed by atoms with van der Waals surface area (Å²) in [5.41, 5.74) is 1.37. The van der Waals surface area contributed by atoms with Crippen LogP contribution in [0.5, 0.6) is 5.75 Å². The topological polar surface area (TPSA) is 71.7 Å². The van der Waals surface area contributed by atoms with Gasteiger partial charge < -0.3 is 19.6 Å². The van der Waals surface area contributed by atoms with E-state index in [4.69, 9.17) is 9.15 Å². The van der Waals surface area contributed by atoms with Crippen molar-refractivity contribution in [3.8, 4) is 5.75 Å². The highest BCUT2D eigenvalue weighted by Crippen LogP contribution is 2.32. The zero-order chi connectivity index (χ0) is 16.3. The molecule has 22 heavy (non-hydrogen) atoms. The van der Waals surface area contributed by atoms with Crippen molar-refractivity contribution >= 4 is 16.9 Å². The third kappa shape index (κ3) is 3.25. The lowest BCUT2D eigenvalue weighted by atomic mass is 10.0. The molecule has 0 saturated heterocycles. The third-order valence-electron chi connectivity index (χ3n) is 3.85. The number of rotatable bonds is 6. The molecule has 1 aromatic heterocycles. The van der Waals surface area contributed by atoms with Crippen LogP contribution in [0.1, 0.15) is 36.4 Å². The summed E-state index contributed by atoms with van der Waals surface area (Å²) in [4.78, 5) is 12.3. The summed E-state index contributed by atoms with van der Waals surface area (Å²) in [6.07, 6.45) is 0.101. The summed E-state index contributed by atoms with van der Waals surface area (Å²) in [5.74, 6) is 0.800. The van der Waals surface area contributed by atoms with Gasteiger partial charge in [-0.05, 0) is 25.3 Å². The smallest absolute Gasteiger partial charge is 0.287 e. The SMILES string of the molecule is COc1cccc2c(C)c(C(=O)NCCC(O)C(C)C)oc12. The van der Waals surface area contributed by atoms with E-state index in [-0.39, 0.29) is 11.8 Å². The summed E-state index contributed by atoms with van der Waals surface area (Å²) in [6, 6.07) is 5.56. The van der Waals surface area contributed by atoms with E-state index in [1.165, 1.54) is 0 Å². The lowest BCUT2D eigenvalue weighted by molar-refractivity contribution is 0.0896. The first kappa shape index (κ1) is 16.4. The highest BCUT2D eigenvalue weighted by atomic mass is 16.5. The monoisotopic (exact) mass is 305 g/mol. The Hall–Kier alpha value is -2.01. The van der Waals surface area contributed by atoms with Crippen LogP contribution in [0.3, 0.4) is 0 Å². The molecular formula is C17H23NO4. The van der Waals surface area contributed by atoms with E-state index >= 15 is 0 Å². The van der Waals surface area contributed by atoms with E-state index in [1.54, 1.807) is 13.2 Å². The van der Waals surface area contributed by atoms with Crippen molar-refractivity contribution in [2.45, 2.75) is 33.3 Å². The quantitative estimate of drug-likeness (QED) is 0.861. The first-order valence-electron chi connectivity index (χ1n) is 7.48. The second-order valence-electron chi connectivity index (χ2n) is 5.75. The molecule has 0 fully saturated rings. The Morgan fingerprint density at radius 3 is 2.77 bits per heavy atom. The van der Waals surface area contributed by atoms with E-state index in [2.05, 4.69) is 5.32 Å². The Balaban J connectivity index is 2.13. The van der Waals surface area contributed by atoms with Gasteiger partial charge in [0, 0.05) is 17.5 Å². The molecule has 0 spiro atoms. The second kappa shape index (κ2) is 6.83. The van der Waals surface area contributed by atoms with Crippen molar-refractivity contribution in [1.82, 2.24) is 5.32 Å². The number of carbonyl (C=O) groups is 1. The Kier molecular flexibility index (Phi) is 5.08. The Morgan fingerprint density at radius 2 is 2.14 bits per heavy atom. The van der Waals surface area contributed by atoms with Crippen LogP contribution in [0.2, 0.25) is 0 Å². The minimum absolute atomic E-state index is 0.175. The highest BCUT2D eigenvalue weighted by molar-refractivity contribution is 6.00. The lowest BCUT2D eigenvalue weighted by Gasteiger charge is -2.14. The van der Waals surface area contributed by atoms with Crippen LogP contribution < -0.4 is 10.1 Å². The minimum atomic E-state index is -0.419. The van der Waals surface area contributed by atoms with Crippen LogP contribution in [-0.2, 0) is 0 Å². The van der Waals surface area contributed by atoms with Crippen LogP contribution in [0.15, 0.2) is 22.6 Å². The van der Waals surface area contributed by atoms with Gasteiger partial charge in [-0.3, -0.25) is 4.79 Å². The molecule has 0 aliphatic heterocycles. The molecule has 0 aliphatic rings. The van der Waals surface area contributed by atoms with Crippen molar-refractivity contribution in [2.24, 2.45) is 5.92 Å². The summed E-state index contributed by atoms with van der Waals surface area (Å²) in [5, 5.41) is 13.4. The number of carbonyl (C=O) groups excluding carboxylic acids is 1. The largest absolute Gasteiger partial charge is 0.493 e. The number of furan rings is 1. The van der Waals surface area contributed by atoms with Crippen LogP contribution in [0.25, 0.3) is 11.0 Å². The number of nitrogens with one attached hydrogen (secondary N) is 1. The molecule has 5 heteroatoms. The molecule has 1 heterocycles. The molecular weight excluding hydrogens is 282 g/mol. The zero-order valence-electron chi connectivity index (χ0n) is 13.5. The molecule has 1 unspecified atom stereocenters. The predicted octanol–water partition coefficient (Wildman–Crippen LogP) is 2.89. The van der Waals surface area contributed by atoms with Crippen molar-refractivity contribution in [3.63, 3.8) is 0 Å². The average molecular weight is 305 g/mol. The van der Waals surface area contributed by atoms with Crippen LogP contribution in [0, 0.1) is 12.8 Å². The maximum Gasteiger partial charge on any atom is 0.287 e. The standard InChI is InChI=1S/C17H23NO4/c1-10(2)13(19)8-9-18-17(20)15-11(3)12-6-5-7-14(21-4)16(12)22-15/h5-7,10,13,19H,8-9H2,1-4H3,(H,18,20). The van der Waals surface area contributed by atoms with Gasteiger partial charge in [0.05, 0.1) is 13.2 Å². The highest BCUT2D eigenvalue weighted by Gasteiger charge is 2.19. The molecule has 2 rings (SSSR count). The predicted molar refractivity (Wildman–Crippen MR) is 85.3 cm³/mol. The fourth-order valence-corrected chi connectivity index (χ4v) is 2.34. The summed E-state index contributed by atoms with van der Waals surface area (Å²) in [7, 11) is 1.57. The van der Waals surface area contributed by atoms with E-state index < -0.39 is 6.10 Å². The lowest BCUT2D eigenvalue weighted by Crippen LogP contribution is -2.28. The third-order valence-corrected chi connectivity index (χ3v) is 3.85. The molecule has 2 N–H and O–H groups in total. The first-order valence-corrected chi connectivity index (χ1v) is 7.48. The van der Waals surface area contributed by atoms with E-state index in [1.807, 2.05) is 32.9 Å². The molecule has 1 amide bonds. The maximum absolute atomic E-state index is 12.3. The maximum atomic E-state index is 12.3. The molecule has 120 valence electrons. The van der Waals surface area contributed by atoms with Gasteiger partial charge in [0.15, 0.2) is 17.1 Å². The van der Waals surface area contributed by atoms with Gasteiger partial charge in [0.1, 0.15) is 0 Å². The Morgan fingerprint density at radius 1 is 1.41 bits per heavy atom. The van der Waals surface area contributed by atoms with Crippen LogP contribution in [0.4, 0.5) is 0 Å². The van der Waals surface area contributed by atoms with Crippen LogP contribution >= 0.6 is 0 Å². The van der Waals surface area contributed by atoms with Crippen molar-refractivity contribution in [3.05, 3.63) is 29.5 Å². The summed E-state index contributed by atoms with van der Waals surface area (Å²) < 4.78 is 10.9. The molecule has 0 radical (unpaired) electrons. The molecule has 2 aromatic rings. The first-order chi connectivity index (χ1) is 10.5.